The van der Waals surface area contributed by atoms with E-state index in [0.29, 0.717) is 24.8 Å². The molecule has 2 atom stereocenters. The van der Waals surface area contributed by atoms with E-state index in [2.05, 4.69) is 51.6 Å². The molecule has 2 unspecified atom stereocenters. The first kappa shape index (κ1) is 51.8. The number of hydrogen-bond acceptors (Lipinski definition) is 4. The SMILES string of the molecule is CCCCCCCCCCN(C(=O)CCCN(C)C)C(CCCCCCCCC)CCCCCCC(F)C(=O)OC(CCCCCC)CCCCCC. The van der Waals surface area contributed by atoms with Gasteiger partial charge in [-0.3, -0.25) is 4.79 Å². The van der Waals surface area contributed by atoms with E-state index in [-0.39, 0.29) is 12.5 Å². The molecule has 5 nitrogen and oxygen atoms in total. The molecule has 0 rings (SSSR count). The Kier molecular flexibility index (Phi) is 38.2. The van der Waals surface area contributed by atoms with Crippen LogP contribution < -0.4 is 0 Å². The van der Waals surface area contributed by atoms with Gasteiger partial charge in [0, 0.05) is 19.0 Å². The van der Waals surface area contributed by atoms with Gasteiger partial charge in [-0.1, -0.05) is 175 Å². The van der Waals surface area contributed by atoms with Gasteiger partial charge in [0.15, 0.2) is 6.17 Å². The van der Waals surface area contributed by atoms with Gasteiger partial charge in [0.25, 0.3) is 0 Å². The Bertz CT molecular complexity index is 782. The van der Waals surface area contributed by atoms with Gasteiger partial charge in [0.1, 0.15) is 6.10 Å². The van der Waals surface area contributed by atoms with Crippen molar-refractivity contribution in [2.24, 2.45) is 0 Å². The lowest BCUT2D eigenvalue weighted by Gasteiger charge is -2.33. The number of ether oxygens (including phenoxy) is 1. The molecule has 0 radical (unpaired) electrons. The van der Waals surface area contributed by atoms with Crippen molar-refractivity contribution in [3.63, 3.8) is 0 Å². The highest BCUT2D eigenvalue weighted by Crippen LogP contribution is 2.23. The summed E-state index contributed by atoms with van der Waals surface area (Å²) in [6.07, 6.45) is 36.1. The summed E-state index contributed by atoms with van der Waals surface area (Å²) in [5.74, 6) is -0.296. The second kappa shape index (κ2) is 39.1. The van der Waals surface area contributed by atoms with Gasteiger partial charge in [-0.2, -0.15) is 0 Å². The van der Waals surface area contributed by atoms with E-state index in [4.69, 9.17) is 4.74 Å². The minimum atomic E-state index is -1.52. The lowest BCUT2D eigenvalue weighted by Crippen LogP contribution is -2.41. The van der Waals surface area contributed by atoms with Gasteiger partial charge >= 0.3 is 5.97 Å². The number of rotatable bonds is 41. The van der Waals surface area contributed by atoms with Crippen LogP contribution in [0.1, 0.15) is 246 Å². The van der Waals surface area contributed by atoms with Gasteiger partial charge in [-0.05, 0) is 84.8 Å². The predicted octanol–water partition coefficient (Wildman–Crippen LogP) is 14.3. The molecule has 0 heterocycles. The summed E-state index contributed by atoms with van der Waals surface area (Å²) in [7, 11) is 4.17. The number of halogens is 1. The molecular weight excluding hydrogens is 660 g/mol. The van der Waals surface area contributed by atoms with E-state index < -0.39 is 12.1 Å². The predicted molar refractivity (Wildman–Crippen MR) is 229 cm³/mol. The third-order valence-corrected chi connectivity index (χ3v) is 11.2. The monoisotopic (exact) mass is 753 g/mol. The van der Waals surface area contributed by atoms with Crippen molar-refractivity contribution in [3.05, 3.63) is 0 Å². The number of carbonyl (C=O) groups is 2. The minimum Gasteiger partial charge on any atom is -0.460 e. The fourth-order valence-corrected chi connectivity index (χ4v) is 7.68. The average Bonchev–Trinajstić information content (AvgIpc) is 3.14. The van der Waals surface area contributed by atoms with Crippen LogP contribution in [-0.4, -0.2) is 67.2 Å². The van der Waals surface area contributed by atoms with Gasteiger partial charge in [-0.25, -0.2) is 9.18 Å². The van der Waals surface area contributed by atoms with Gasteiger partial charge < -0.3 is 14.5 Å². The average molecular weight is 753 g/mol. The van der Waals surface area contributed by atoms with E-state index in [0.717, 1.165) is 96.6 Å². The summed E-state index contributed by atoms with van der Waals surface area (Å²) in [6.45, 7) is 10.8. The Balaban J connectivity index is 5.11. The number of amides is 1. The van der Waals surface area contributed by atoms with Crippen molar-refractivity contribution in [3.8, 4) is 0 Å². The van der Waals surface area contributed by atoms with Crippen molar-refractivity contribution >= 4 is 11.9 Å². The van der Waals surface area contributed by atoms with E-state index in [9.17, 15) is 9.59 Å². The largest absolute Gasteiger partial charge is 0.460 e. The molecule has 6 heteroatoms. The molecule has 0 fully saturated rings. The first-order valence-electron chi connectivity index (χ1n) is 23.6. The zero-order valence-corrected chi connectivity index (χ0v) is 36.7. The maximum absolute atomic E-state index is 15.0. The summed E-state index contributed by atoms with van der Waals surface area (Å²) in [4.78, 5) is 31.0. The molecule has 0 aliphatic carbocycles. The van der Waals surface area contributed by atoms with Crippen LogP contribution in [0, 0.1) is 0 Å². The molecule has 0 aromatic carbocycles. The molecule has 0 spiro atoms. The van der Waals surface area contributed by atoms with Gasteiger partial charge in [0.05, 0.1) is 0 Å². The normalized spacial score (nSPS) is 12.8. The molecule has 0 aliphatic heterocycles. The molecule has 1 amide bonds. The van der Waals surface area contributed by atoms with E-state index >= 15 is 4.39 Å². The summed E-state index contributed by atoms with van der Waals surface area (Å²) in [5.41, 5.74) is 0. The van der Waals surface area contributed by atoms with Crippen molar-refractivity contribution in [1.29, 1.82) is 0 Å². The lowest BCUT2D eigenvalue weighted by molar-refractivity contribution is -0.156. The summed E-state index contributed by atoms with van der Waals surface area (Å²) < 4.78 is 20.8. The molecule has 0 aromatic heterocycles. The van der Waals surface area contributed by atoms with E-state index in [1.807, 2.05) is 0 Å². The third-order valence-electron chi connectivity index (χ3n) is 11.2. The van der Waals surface area contributed by atoms with Crippen LogP contribution in [0.4, 0.5) is 4.39 Å². The van der Waals surface area contributed by atoms with Crippen LogP contribution in [-0.2, 0) is 14.3 Å². The Morgan fingerprint density at radius 2 is 0.849 bits per heavy atom. The smallest absolute Gasteiger partial charge is 0.340 e. The second-order valence-electron chi connectivity index (χ2n) is 16.7. The van der Waals surface area contributed by atoms with Crippen LogP contribution >= 0.6 is 0 Å². The molecule has 0 saturated heterocycles. The van der Waals surface area contributed by atoms with Crippen LogP contribution in [0.25, 0.3) is 0 Å². The standard InChI is InChI=1S/C47H93FN2O3/c1-7-11-15-19-21-23-27-33-42-50(46(51)40-34-41-49(5)6)43(35-28-24-22-20-16-12-8-2)36-29-25-26-32-39-45(48)47(52)53-44(37-30-17-13-9-3)38-31-18-14-10-4/h43-45H,7-42H2,1-6H3. The number of alkyl halides is 1. The molecule has 0 bridgehead atoms. The first-order chi connectivity index (χ1) is 25.8. The zero-order chi connectivity index (χ0) is 39.2. The van der Waals surface area contributed by atoms with Crippen molar-refractivity contribution in [2.45, 2.75) is 264 Å². The Labute approximate surface area is 331 Å². The molecule has 0 aromatic rings. The highest BCUT2D eigenvalue weighted by atomic mass is 19.1. The Morgan fingerprint density at radius 3 is 1.30 bits per heavy atom. The Hall–Kier alpha value is -1.17. The fraction of sp³-hybridized carbons (Fsp3) is 0.957. The second-order valence-corrected chi connectivity index (χ2v) is 16.7. The van der Waals surface area contributed by atoms with Crippen LogP contribution in [0.5, 0.6) is 0 Å². The van der Waals surface area contributed by atoms with Crippen LogP contribution in [0.15, 0.2) is 0 Å². The maximum Gasteiger partial charge on any atom is 0.340 e. The first-order valence-corrected chi connectivity index (χ1v) is 23.6. The highest BCUT2D eigenvalue weighted by Gasteiger charge is 2.24. The number of carbonyl (C=O) groups excluding carboxylic acids is 2. The number of hydrogen-bond donors (Lipinski definition) is 0. The quantitative estimate of drug-likeness (QED) is 0.0461. The molecule has 53 heavy (non-hydrogen) atoms. The van der Waals surface area contributed by atoms with Gasteiger partial charge in [-0.15, -0.1) is 0 Å². The maximum atomic E-state index is 15.0. The molecule has 0 N–H and O–H groups in total. The lowest BCUT2D eigenvalue weighted by atomic mass is 9.97. The molecule has 0 aliphatic rings. The number of esters is 1. The topological polar surface area (TPSA) is 49.9 Å². The number of nitrogens with zero attached hydrogens (tertiary/aromatic N) is 2. The van der Waals surface area contributed by atoms with Crippen LogP contribution in [0.3, 0.4) is 0 Å². The van der Waals surface area contributed by atoms with Crippen molar-refractivity contribution in [2.75, 3.05) is 27.2 Å². The Morgan fingerprint density at radius 1 is 0.472 bits per heavy atom. The zero-order valence-electron chi connectivity index (χ0n) is 36.7. The fourth-order valence-electron chi connectivity index (χ4n) is 7.68. The molecular formula is C47H93FN2O3. The highest BCUT2D eigenvalue weighted by molar-refractivity contribution is 5.76. The summed E-state index contributed by atoms with van der Waals surface area (Å²) >= 11 is 0. The summed E-state index contributed by atoms with van der Waals surface area (Å²) in [6, 6.07) is 0.303. The van der Waals surface area contributed by atoms with Crippen LogP contribution in [0.2, 0.25) is 0 Å². The molecule has 316 valence electrons. The van der Waals surface area contributed by atoms with Gasteiger partial charge in [0.2, 0.25) is 5.91 Å². The number of unbranched alkanes of at least 4 members (excludes halogenated alkanes) is 22. The minimum absolute atomic E-state index is 0.137. The van der Waals surface area contributed by atoms with E-state index in [1.54, 1.807) is 0 Å². The third kappa shape index (κ3) is 32.8. The van der Waals surface area contributed by atoms with Crippen molar-refractivity contribution in [1.82, 2.24) is 9.80 Å². The van der Waals surface area contributed by atoms with Crippen molar-refractivity contribution < 1.29 is 18.7 Å². The summed E-state index contributed by atoms with van der Waals surface area (Å²) in [5, 5.41) is 0. The van der Waals surface area contributed by atoms with E-state index in [1.165, 1.54) is 116 Å². The molecule has 0 saturated carbocycles.